The largest absolute Gasteiger partial charge is 0.496 e. The molecule has 0 aliphatic heterocycles. The Morgan fingerprint density at radius 3 is 2.48 bits per heavy atom. The van der Waals surface area contributed by atoms with Gasteiger partial charge in [0.2, 0.25) is 5.91 Å². The number of ether oxygens (including phenoxy) is 1. The van der Waals surface area contributed by atoms with E-state index in [0.29, 0.717) is 17.9 Å². The highest BCUT2D eigenvalue weighted by molar-refractivity contribution is 5.94. The number of amides is 2. The van der Waals surface area contributed by atoms with Crippen LogP contribution in [0, 0.1) is 0 Å². The fourth-order valence-corrected chi connectivity index (χ4v) is 2.65. The first kappa shape index (κ1) is 18.5. The number of hydrogen-bond acceptors (Lipinski definition) is 3. The highest BCUT2D eigenvalue weighted by Gasteiger charge is 2.32. The predicted octanol–water partition coefficient (Wildman–Crippen LogP) is 2.65. The van der Waals surface area contributed by atoms with Gasteiger partial charge < -0.3 is 15.4 Å². The van der Waals surface area contributed by atoms with E-state index in [2.05, 4.69) is 10.6 Å². The van der Waals surface area contributed by atoms with Gasteiger partial charge in [-0.2, -0.15) is 0 Å². The minimum absolute atomic E-state index is 0.109. The number of nitrogens with one attached hydrogen (secondary N) is 2. The standard InChI is InChI=1S/C20H24N2O3/c1-20(2,16-10-5-6-11-17(16)25-4)19(24)22-13-14-8-7-9-15(12-14)18(23)21-3/h5-12H,13H2,1-4H3,(H,21,23)(H,22,24). The molecule has 25 heavy (non-hydrogen) atoms. The monoisotopic (exact) mass is 340 g/mol. The summed E-state index contributed by atoms with van der Waals surface area (Å²) in [6, 6.07) is 14.7. The molecular formula is C20H24N2O3. The molecule has 0 atom stereocenters. The number of benzene rings is 2. The average molecular weight is 340 g/mol. The molecule has 0 aliphatic rings. The Hall–Kier alpha value is -2.82. The van der Waals surface area contributed by atoms with E-state index < -0.39 is 5.41 Å². The van der Waals surface area contributed by atoms with E-state index in [0.717, 1.165) is 11.1 Å². The lowest BCUT2D eigenvalue weighted by atomic mass is 9.83. The van der Waals surface area contributed by atoms with Crippen molar-refractivity contribution in [2.75, 3.05) is 14.2 Å². The maximum absolute atomic E-state index is 12.7. The Morgan fingerprint density at radius 1 is 1.08 bits per heavy atom. The molecule has 0 saturated carbocycles. The molecule has 5 heteroatoms. The van der Waals surface area contributed by atoms with E-state index in [-0.39, 0.29) is 11.8 Å². The molecule has 5 nitrogen and oxygen atoms in total. The van der Waals surface area contributed by atoms with Crippen molar-refractivity contribution in [3.63, 3.8) is 0 Å². The first-order valence-electron chi connectivity index (χ1n) is 8.13. The molecule has 0 saturated heterocycles. The molecule has 0 fully saturated rings. The van der Waals surface area contributed by atoms with E-state index in [9.17, 15) is 9.59 Å². The van der Waals surface area contributed by atoms with E-state index in [4.69, 9.17) is 4.74 Å². The molecular weight excluding hydrogens is 316 g/mol. The van der Waals surface area contributed by atoms with Gasteiger partial charge in [-0.1, -0.05) is 30.3 Å². The van der Waals surface area contributed by atoms with E-state index in [1.165, 1.54) is 0 Å². The van der Waals surface area contributed by atoms with E-state index in [1.807, 2.05) is 44.2 Å². The van der Waals surface area contributed by atoms with Crippen LogP contribution in [0.4, 0.5) is 0 Å². The second kappa shape index (κ2) is 7.83. The third-order valence-electron chi connectivity index (χ3n) is 4.22. The first-order valence-corrected chi connectivity index (χ1v) is 8.13. The zero-order chi connectivity index (χ0) is 18.4. The van der Waals surface area contributed by atoms with E-state index in [1.54, 1.807) is 32.4 Å². The van der Waals surface area contributed by atoms with Gasteiger partial charge in [-0.25, -0.2) is 0 Å². The average Bonchev–Trinajstić information content (AvgIpc) is 2.65. The number of methoxy groups -OCH3 is 1. The Kier molecular flexibility index (Phi) is 5.80. The lowest BCUT2D eigenvalue weighted by Crippen LogP contribution is -2.40. The van der Waals surface area contributed by atoms with Crippen LogP contribution in [0.3, 0.4) is 0 Å². The molecule has 0 aromatic heterocycles. The maximum atomic E-state index is 12.7. The van der Waals surface area contributed by atoms with Crippen molar-refractivity contribution in [2.24, 2.45) is 0 Å². The summed E-state index contributed by atoms with van der Waals surface area (Å²) < 4.78 is 5.37. The van der Waals surface area contributed by atoms with Crippen molar-refractivity contribution in [3.8, 4) is 5.75 Å². The zero-order valence-corrected chi connectivity index (χ0v) is 15.1. The Bertz CT molecular complexity index is 769. The number of rotatable bonds is 6. The normalized spacial score (nSPS) is 10.9. The van der Waals surface area contributed by atoms with Crippen LogP contribution in [0.25, 0.3) is 0 Å². The molecule has 2 amide bonds. The Morgan fingerprint density at radius 2 is 1.80 bits per heavy atom. The van der Waals surface area contributed by atoms with Crippen LogP contribution in [0.2, 0.25) is 0 Å². The maximum Gasteiger partial charge on any atom is 0.251 e. The van der Waals surface area contributed by atoms with Crippen LogP contribution in [0.15, 0.2) is 48.5 Å². The van der Waals surface area contributed by atoms with Crippen LogP contribution in [0.1, 0.15) is 35.3 Å². The van der Waals surface area contributed by atoms with Gasteiger partial charge in [0.15, 0.2) is 0 Å². The summed E-state index contributed by atoms with van der Waals surface area (Å²) in [5.41, 5.74) is 1.52. The summed E-state index contributed by atoms with van der Waals surface area (Å²) in [6.07, 6.45) is 0. The zero-order valence-electron chi connectivity index (χ0n) is 15.1. The summed E-state index contributed by atoms with van der Waals surface area (Å²) in [6.45, 7) is 4.07. The summed E-state index contributed by atoms with van der Waals surface area (Å²) in [5, 5.41) is 5.54. The van der Waals surface area contributed by atoms with Gasteiger partial charge >= 0.3 is 0 Å². The lowest BCUT2D eigenvalue weighted by Gasteiger charge is -2.26. The summed E-state index contributed by atoms with van der Waals surface area (Å²) in [7, 11) is 3.18. The van der Waals surface area contributed by atoms with Crippen molar-refractivity contribution >= 4 is 11.8 Å². The minimum Gasteiger partial charge on any atom is -0.496 e. The molecule has 0 heterocycles. The molecule has 0 unspecified atom stereocenters. The SMILES string of the molecule is CNC(=O)c1cccc(CNC(=O)C(C)(C)c2ccccc2OC)c1. The number of carbonyl (C=O) groups excluding carboxylic acids is 2. The quantitative estimate of drug-likeness (QED) is 0.849. The smallest absolute Gasteiger partial charge is 0.251 e. The predicted molar refractivity (Wildman–Crippen MR) is 97.7 cm³/mol. The molecule has 0 spiro atoms. The number of hydrogen-bond donors (Lipinski definition) is 2. The van der Waals surface area contributed by atoms with Gasteiger partial charge in [-0.3, -0.25) is 9.59 Å². The second-order valence-electron chi connectivity index (χ2n) is 6.29. The van der Waals surface area contributed by atoms with Crippen LogP contribution in [-0.4, -0.2) is 26.0 Å². The minimum atomic E-state index is -0.745. The Balaban J connectivity index is 2.13. The third kappa shape index (κ3) is 4.18. The van der Waals surface area contributed by atoms with Crippen molar-refractivity contribution < 1.29 is 14.3 Å². The highest BCUT2D eigenvalue weighted by atomic mass is 16.5. The second-order valence-corrected chi connectivity index (χ2v) is 6.29. The topological polar surface area (TPSA) is 67.4 Å². The van der Waals surface area contributed by atoms with Crippen molar-refractivity contribution in [3.05, 3.63) is 65.2 Å². The summed E-state index contributed by atoms with van der Waals surface area (Å²) in [5.74, 6) is 0.425. The van der Waals surface area contributed by atoms with Gasteiger partial charge in [0.25, 0.3) is 5.91 Å². The van der Waals surface area contributed by atoms with Crippen molar-refractivity contribution in [1.29, 1.82) is 0 Å². The van der Waals surface area contributed by atoms with Crippen LogP contribution >= 0.6 is 0 Å². The van der Waals surface area contributed by atoms with Crippen molar-refractivity contribution in [2.45, 2.75) is 25.8 Å². The van der Waals surface area contributed by atoms with Gasteiger partial charge in [0.1, 0.15) is 5.75 Å². The molecule has 0 bridgehead atoms. The fraction of sp³-hybridized carbons (Fsp3) is 0.300. The van der Waals surface area contributed by atoms with Crippen LogP contribution < -0.4 is 15.4 Å². The molecule has 132 valence electrons. The molecule has 2 N–H and O–H groups in total. The number of carbonyl (C=O) groups is 2. The van der Waals surface area contributed by atoms with Crippen LogP contribution in [-0.2, 0) is 16.8 Å². The van der Waals surface area contributed by atoms with Gasteiger partial charge in [-0.05, 0) is 37.6 Å². The van der Waals surface area contributed by atoms with Gasteiger partial charge in [-0.15, -0.1) is 0 Å². The fourth-order valence-electron chi connectivity index (χ4n) is 2.65. The first-order chi connectivity index (χ1) is 11.9. The number of para-hydroxylation sites is 1. The lowest BCUT2D eigenvalue weighted by molar-refractivity contribution is -0.125. The third-order valence-corrected chi connectivity index (χ3v) is 4.22. The summed E-state index contributed by atoms with van der Waals surface area (Å²) in [4.78, 5) is 24.4. The molecule has 2 rings (SSSR count). The molecule has 0 aliphatic carbocycles. The Labute approximate surface area is 148 Å². The molecule has 0 radical (unpaired) electrons. The van der Waals surface area contributed by atoms with E-state index >= 15 is 0 Å². The van der Waals surface area contributed by atoms with Crippen LogP contribution in [0.5, 0.6) is 5.75 Å². The molecule has 2 aromatic rings. The van der Waals surface area contributed by atoms with Gasteiger partial charge in [0, 0.05) is 24.7 Å². The van der Waals surface area contributed by atoms with Gasteiger partial charge in [0.05, 0.1) is 12.5 Å². The highest BCUT2D eigenvalue weighted by Crippen LogP contribution is 2.31. The summed E-state index contributed by atoms with van der Waals surface area (Å²) >= 11 is 0. The van der Waals surface area contributed by atoms with Crippen molar-refractivity contribution in [1.82, 2.24) is 10.6 Å². The molecule has 2 aromatic carbocycles.